The molecule has 196 valence electrons. The van der Waals surface area contributed by atoms with Gasteiger partial charge in [0.1, 0.15) is 5.82 Å². The maximum Gasteiger partial charge on any atom is 0.256 e. The van der Waals surface area contributed by atoms with Crippen molar-refractivity contribution in [2.45, 2.75) is 37.1 Å². The number of amides is 1. The number of benzene rings is 3. The molecule has 0 unspecified atom stereocenters. The first-order valence-corrected chi connectivity index (χ1v) is 15.2. The third-order valence-corrected chi connectivity index (χ3v) is 10.3. The Balaban J connectivity index is 1.14. The molecule has 0 saturated carbocycles. The van der Waals surface area contributed by atoms with Gasteiger partial charge in [0.25, 0.3) is 5.91 Å². The van der Waals surface area contributed by atoms with E-state index >= 15 is 0 Å². The monoisotopic (exact) mass is 555 g/mol. The van der Waals surface area contributed by atoms with E-state index in [0.29, 0.717) is 36.0 Å². The predicted octanol–water partition coefficient (Wildman–Crippen LogP) is 4.97. The highest BCUT2D eigenvalue weighted by Crippen LogP contribution is 2.34. The zero-order valence-corrected chi connectivity index (χ0v) is 22.6. The number of para-hydroxylation sites is 1. The van der Waals surface area contributed by atoms with E-state index in [1.165, 1.54) is 33.3 Å². The minimum atomic E-state index is -3.68. The van der Waals surface area contributed by atoms with E-state index < -0.39 is 10.0 Å². The fourth-order valence-electron chi connectivity index (χ4n) is 5.39. The summed E-state index contributed by atoms with van der Waals surface area (Å²) in [6, 6.07) is 22.0. The third-order valence-electron chi connectivity index (χ3n) is 7.45. The average molecular weight is 556 g/mol. The fraction of sp³-hybridized carbons (Fsp3) is 0.207. The Morgan fingerprint density at radius 3 is 2.49 bits per heavy atom. The second kappa shape index (κ2) is 9.41. The van der Waals surface area contributed by atoms with Crippen LogP contribution in [0.1, 0.15) is 39.2 Å². The summed E-state index contributed by atoms with van der Waals surface area (Å²) in [5.74, 6) is 0.318. The van der Waals surface area contributed by atoms with Crippen molar-refractivity contribution in [1.29, 1.82) is 0 Å². The fourth-order valence-corrected chi connectivity index (χ4v) is 7.73. The molecule has 39 heavy (non-hydrogen) atoms. The SMILES string of the molecule is O=C(Nc1c2c(nn1-c1nc3ccccc3s1)CCC2)c1ccc(S(=O)(=O)N2CCc3ccccc3C2)cc1. The van der Waals surface area contributed by atoms with Gasteiger partial charge in [0, 0.05) is 24.2 Å². The van der Waals surface area contributed by atoms with E-state index in [9.17, 15) is 13.2 Å². The predicted molar refractivity (Wildman–Crippen MR) is 151 cm³/mol. The van der Waals surface area contributed by atoms with E-state index in [0.717, 1.165) is 46.3 Å². The Hall–Kier alpha value is -3.86. The molecular weight excluding hydrogens is 530 g/mol. The van der Waals surface area contributed by atoms with Crippen LogP contribution in [0.2, 0.25) is 0 Å². The number of hydrogen-bond donors (Lipinski definition) is 1. The summed E-state index contributed by atoms with van der Waals surface area (Å²) in [5, 5.41) is 8.53. The molecule has 7 rings (SSSR count). The molecule has 3 aromatic carbocycles. The second-order valence-corrected chi connectivity index (χ2v) is 12.8. The summed E-state index contributed by atoms with van der Waals surface area (Å²) in [6.45, 7) is 0.782. The van der Waals surface area contributed by atoms with Crippen molar-refractivity contribution in [3.8, 4) is 5.13 Å². The van der Waals surface area contributed by atoms with Gasteiger partial charge in [-0.15, -0.1) is 0 Å². The number of thiazole rings is 1. The highest BCUT2D eigenvalue weighted by molar-refractivity contribution is 7.89. The number of hydrogen-bond acceptors (Lipinski definition) is 6. The maximum absolute atomic E-state index is 13.3. The van der Waals surface area contributed by atoms with E-state index in [4.69, 9.17) is 10.1 Å². The molecule has 1 N–H and O–H groups in total. The van der Waals surface area contributed by atoms with E-state index in [1.54, 1.807) is 16.8 Å². The first-order valence-electron chi connectivity index (χ1n) is 12.9. The van der Waals surface area contributed by atoms with Crippen LogP contribution in [0.15, 0.2) is 77.7 Å². The number of nitrogens with one attached hydrogen (secondary N) is 1. The molecule has 0 bridgehead atoms. The number of sulfonamides is 1. The Kier molecular flexibility index (Phi) is 5.84. The molecule has 2 aromatic heterocycles. The molecule has 0 fully saturated rings. The zero-order valence-electron chi connectivity index (χ0n) is 21.0. The maximum atomic E-state index is 13.3. The Morgan fingerprint density at radius 1 is 0.897 bits per heavy atom. The van der Waals surface area contributed by atoms with E-state index in [2.05, 4.69) is 5.32 Å². The van der Waals surface area contributed by atoms with Crippen molar-refractivity contribution in [2.24, 2.45) is 0 Å². The van der Waals surface area contributed by atoms with Crippen LogP contribution in [0.4, 0.5) is 5.82 Å². The van der Waals surface area contributed by atoms with Crippen LogP contribution in [-0.2, 0) is 35.8 Å². The number of carbonyl (C=O) groups excluding carboxylic acids is 1. The summed E-state index contributed by atoms with van der Waals surface area (Å²) in [7, 11) is -3.68. The van der Waals surface area contributed by atoms with Gasteiger partial charge in [-0.25, -0.2) is 13.4 Å². The summed E-state index contributed by atoms with van der Waals surface area (Å²) < 4.78 is 31.0. The van der Waals surface area contributed by atoms with E-state index in [1.807, 2.05) is 48.5 Å². The lowest BCUT2D eigenvalue weighted by Crippen LogP contribution is -2.35. The molecule has 2 aliphatic rings. The van der Waals surface area contributed by atoms with Crippen molar-refractivity contribution in [3.63, 3.8) is 0 Å². The van der Waals surface area contributed by atoms with Crippen LogP contribution in [0.5, 0.6) is 0 Å². The Labute approximate surface area is 230 Å². The first kappa shape index (κ1) is 24.2. The van der Waals surface area contributed by atoms with Crippen LogP contribution in [-0.4, -0.2) is 39.9 Å². The summed E-state index contributed by atoms with van der Waals surface area (Å²) in [4.78, 5) is 18.2. The molecular formula is C29H25N5O3S2. The van der Waals surface area contributed by atoms with Crippen molar-refractivity contribution >= 4 is 43.3 Å². The van der Waals surface area contributed by atoms with Crippen LogP contribution in [0.3, 0.4) is 0 Å². The van der Waals surface area contributed by atoms with Crippen molar-refractivity contribution in [3.05, 3.63) is 101 Å². The van der Waals surface area contributed by atoms with Gasteiger partial charge in [0.2, 0.25) is 15.2 Å². The molecule has 1 aliphatic carbocycles. The average Bonchev–Trinajstić information content (AvgIpc) is 3.68. The molecule has 0 radical (unpaired) electrons. The van der Waals surface area contributed by atoms with Gasteiger partial charge in [-0.3, -0.25) is 4.79 Å². The topological polar surface area (TPSA) is 97.2 Å². The Morgan fingerprint density at radius 2 is 1.67 bits per heavy atom. The second-order valence-electron chi connectivity index (χ2n) is 9.84. The molecule has 0 saturated heterocycles. The molecule has 8 nitrogen and oxygen atoms in total. The van der Waals surface area contributed by atoms with Gasteiger partial charge >= 0.3 is 0 Å². The normalized spacial score (nSPS) is 15.3. The molecule has 1 aliphatic heterocycles. The largest absolute Gasteiger partial charge is 0.306 e. The highest BCUT2D eigenvalue weighted by Gasteiger charge is 2.29. The van der Waals surface area contributed by atoms with Gasteiger partial charge < -0.3 is 5.32 Å². The van der Waals surface area contributed by atoms with Gasteiger partial charge in [-0.05, 0) is 73.2 Å². The van der Waals surface area contributed by atoms with Gasteiger partial charge in [-0.2, -0.15) is 14.1 Å². The number of aromatic nitrogens is 3. The number of anilines is 1. The smallest absolute Gasteiger partial charge is 0.256 e. The number of fused-ring (bicyclic) bond motifs is 3. The van der Waals surface area contributed by atoms with Crippen LogP contribution >= 0.6 is 11.3 Å². The van der Waals surface area contributed by atoms with E-state index in [-0.39, 0.29) is 10.8 Å². The van der Waals surface area contributed by atoms with Crippen LogP contribution in [0.25, 0.3) is 15.3 Å². The minimum absolute atomic E-state index is 0.179. The lowest BCUT2D eigenvalue weighted by Gasteiger charge is -2.28. The van der Waals surface area contributed by atoms with Crippen LogP contribution < -0.4 is 5.32 Å². The number of aryl methyl sites for hydroxylation is 1. The summed E-state index contributed by atoms with van der Waals surface area (Å²) in [6.07, 6.45) is 3.38. The zero-order chi connectivity index (χ0) is 26.6. The summed E-state index contributed by atoms with van der Waals surface area (Å²) >= 11 is 1.52. The highest BCUT2D eigenvalue weighted by atomic mass is 32.2. The molecule has 0 spiro atoms. The van der Waals surface area contributed by atoms with Crippen molar-refractivity contribution < 1.29 is 13.2 Å². The van der Waals surface area contributed by atoms with Gasteiger partial charge in [-0.1, -0.05) is 47.7 Å². The Bertz CT molecular complexity index is 1810. The van der Waals surface area contributed by atoms with Gasteiger partial charge in [0.05, 0.1) is 20.8 Å². The molecule has 1 amide bonds. The van der Waals surface area contributed by atoms with Crippen molar-refractivity contribution in [1.82, 2.24) is 19.1 Å². The lowest BCUT2D eigenvalue weighted by molar-refractivity contribution is 0.102. The summed E-state index contributed by atoms with van der Waals surface area (Å²) in [5.41, 5.74) is 5.50. The third kappa shape index (κ3) is 4.25. The number of nitrogens with zero attached hydrogens (tertiary/aromatic N) is 4. The molecule has 5 aromatic rings. The number of rotatable bonds is 5. The quantitative estimate of drug-likeness (QED) is 0.330. The minimum Gasteiger partial charge on any atom is -0.306 e. The number of carbonyl (C=O) groups is 1. The standard InChI is InChI=1S/C29H25N5O3S2/c35-28(20-12-14-22(15-13-20)39(36,37)33-17-16-19-6-1-2-7-21(19)18-33)31-27-23-8-5-10-24(23)32-34(27)29-30-25-9-3-4-11-26(25)38-29/h1-4,6-7,9,11-15H,5,8,10,16-18H2,(H,31,35). The van der Waals surface area contributed by atoms with Crippen LogP contribution in [0, 0.1) is 0 Å². The molecule has 0 atom stereocenters. The van der Waals surface area contributed by atoms with Gasteiger partial charge in [0.15, 0.2) is 0 Å². The lowest BCUT2D eigenvalue weighted by atomic mass is 10.0. The first-order chi connectivity index (χ1) is 19.0. The molecule has 10 heteroatoms. The van der Waals surface area contributed by atoms with Crippen molar-refractivity contribution in [2.75, 3.05) is 11.9 Å². The molecule has 3 heterocycles.